The maximum Gasteiger partial charge on any atom is 0.159 e. The Hall–Kier alpha value is -1.72. The lowest BCUT2D eigenvalue weighted by molar-refractivity contribution is 0.140. The van der Waals surface area contributed by atoms with Gasteiger partial charge in [-0.15, -0.1) is 0 Å². The Morgan fingerprint density at radius 2 is 1.95 bits per heavy atom. The highest BCUT2D eigenvalue weighted by atomic mass is 79.9. The summed E-state index contributed by atoms with van der Waals surface area (Å²) in [6.45, 7) is 3.14. The van der Waals surface area contributed by atoms with Crippen LogP contribution in [0.1, 0.15) is 17.0 Å². The van der Waals surface area contributed by atoms with Gasteiger partial charge in [0.2, 0.25) is 0 Å². The molecule has 1 fully saturated rings. The van der Waals surface area contributed by atoms with Crippen molar-refractivity contribution in [2.75, 3.05) is 13.1 Å². The minimum Gasteiger partial charge on any atom is -0.298 e. The van der Waals surface area contributed by atoms with Gasteiger partial charge in [0.1, 0.15) is 0 Å². The molecule has 0 unspecified atom stereocenters. The van der Waals surface area contributed by atoms with Crippen LogP contribution in [-0.2, 0) is 6.54 Å². The number of likely N-dealkylation sites (tertiary alicyclic amines) is 1. The van der Waals surface area contributed by atoms with E-state index >= 15 is 0 Å². The lowest BCUT2D eigenvalue weighted by Crippen LogP contribution is -2.44. The average molecular weight is 343 g/mol. The van der Waals surface area contributed by atoms with Gasteiger partial charge in [-0.05, 0) is 21.5 Å². The van der Waals surface area contributed by atoms with Crippen LogP contribution in [0.4, 0.5) is 0 Å². The van der Waals surface area contributed by atoms with Crippen molar-refractivity contribution in [2.24, 2.45) is 0 Å². The Bertz CT molecular complexity index is 762. The molecule has 106 valence electrons. The summed E-state index contributed by atoms with van der Waals surface area (Å²) in [6, 6.07) is 10.7. The third kappa shape index (κ3) is 2.47. The summed E-state index contributed by atoms with van der Waals surface area (Å²) in [7, 11) is 0. The molecule has 1 saturated heterocycles. The van der Waals surface area contributed by atoms with E-state index in [0.29, 0.717) is 5.92 Å². The van der Waals surface area contributed by atoms with Crippen LogP contribution in [0.15, 0.2) is 53.4 Å². The minimum absolute atomic E-state index is 0.662. The fraction of sp³-hybridized carbons (Fsp3) is 0.250. The van der Waals surface area contributed by atoms with E-state index in [1.807, 2.05) is 23.1 Å². The van der Waals surface area contributed by atoms with Crippen LogP contribution >= 0.6 is 15.9 Å². The Balaban J connectivity index is 1.46. The van der Waals surface area contributed by atoms with Crippen molar-refractivity contribution < 1.29 is 0 Å². The number of fused-ring (bicyclic) bond motifs is 1. The number of hydrogen-bond acceptors (Lipinski definition) is 3. The first-order valence-corrected chi connectivity index (χ1v) is 7.84. The number of halogens is 1. The summed E-state index contributed by atoms with van der Waals surface area (Å²) in [5.74, 6) is 0.662. The fourth-order valence-corrected chi connectivity index (χ4v) is 3.18. The van der Waals surface area contributed by atoms with Crippen molar-refractivity contribution >= 4 is 21.6 Å². The molecule has 5 heteroatoms. The maximum atomic E-state index is 4.46. The minimum atomic E-state index is 0.662. The van der Waals surface area contributed by atoms with Gasteiger partial charge in [0, 0.05) is 43.5 Å². The van der Waals surface area contributed by atoms with E-state index in [1.54, 1.807) is 0 Å². The lowest BCUT2D eigenvalue weighted by Gasteiger charge is -2.39. The van der Waals surface area contributed by atoms with Crippen molar-refractivity contribution in [3.8, 4) is 0 Å². The molecular weight excluding hydrogens is 328 g/mol. The van der Waals surface area contributed by atoms with Crippen LogP contribution in [0.2, 0.25) is 0 Å². The average Bonchev–Trinajstić information content (AvgIpc) is 2.85. The second kappa shape index (κ2) is 5.24. The lowest BCUT2D eigenvalue weighted by atomic mass is 9.91. The van der Waals surface area contributed by atoms with E-state index in [9.17, 15) is 0 Å². The van der Waals surface area contributed by atoms with Gasteiger partial charge >= 0.3 is 0 Å². The largest absolute Gasteiger partial charge is 0.298 e. The number of rotatable bonds is 3. The standard InChI is InChI=1S/C16H15BrN4/c17-15-7-18-16-13(6-19-21(16)11-15)8-20-9-14(10-20)12-4-2-1-3-5-12/h1-7,11,14H,8-10H2. The van der Waals surface area contributed by atoms with Crippen LogP contribution in [0, 0.1) is 0 Å². The summed E-state index contributed by atoms with van der Waals surface area (Å²) < 4.78 is 2.77. The summed E-state index contributed by atoms with van der Waals surface area (Å²) in [5, 5.41) is 4.37. The highest BCUT2D eigenvalue weighted by molar-refractivity contribution is 9.10. The predicted octanol–water partition coefficient (Wildman–Crippen LogP) is 3.09. The van der Waals surface area contributed by atoms with Gasteiger partial charge in [0.15, 0.2) is 5.65 Å². The Labute approximate surface area is 131 Å². The molecule has 0 saturated carbocycles. The molecule has 0 aliphatic carbocycles. The number of aromatic nitrogens is 3. The number of nitrogens with zero attached hydrogens (tertiary/aromatic N) is 4. The fourth-order valence-electron chi connectivity index (χ4n) is 2.89. The Morgan fingerprint density at radius 3 is 2.76 bits per heavy atom. The third-order valence-electron chi connectivity index (χ3n) is 4.02. The third-order valence-corrected chi connectivity index (χ3v) is 4.43. The first-order chi connectivity index (χ1) is 10.3. The van der Waals surface area contributed by atoms with Crippen LogP contribution < -0.4 is 0 Å². The van der Waals surface area contributed by atoms with E-state index in [4.69, 9.17) is 0 Å². The van der Waals surface area contributed by atoms with Crippen LogP contribution in [0.25, 0.3) is 5.65 Å². The maximum absolute atomic E-state index is 4.46. The topological polar surface area (TPSA) is 33.4 Å². The first-order valence-electron chi connectivity index (χ1n) is 7.04. The molecular formula is C16H15BrN4. The van der Waals surface area contributed by atoms with E-state index in [0.717, 1.165) is 29.8 Å². The van der Waals surface area contributed by atoms with Gasteiger partial charge < -0.3 is 0 Å². The molecule has 3 aromatic rings. The molecule has 0 bridgehead atoms. The SMILES string of the molecule is Brc1cnc2c(CN3CC(c4ccccc4)C3)cnn2c1. The van der Waals surface area contributed by atoms with E-state index < -0.39 is 0 Å². The summed E-state index contributed by atoms with van der Waals surface area (Å²) in [5.41, 5.74) is 3.58. The molecule has 1 aromatic carbocycles. The van der Waals surface area contributed by atoms with E-state index in [-0.39, 0.29) is 0 Å². The predicted molar refractivity (Wildman–Crippen MR) is 85.1 cm³/mol. The molecule has 0 amide bonds. The van der Waals surface area contributed by atoms with E-state index in [1.165, 1.54) is 11.1 Å². The molecule has 21 heavy (non-hydrogen) atoms. The van der Waals surface area contributed by atoms with Crippen LogP contribution in [-0.4, -0.2) is 32.6 Å². The van der Waals surface area contributed by atoms with Gasteiger partial charge in [0.05, 0.1) is 10.7 Å². The second-order valence-electron chi connectivity index (χ2n) is 5.51. The van der Waals surface area contributed by atoms with Gasteiger partial charge in [-0.1, -0.05) is 30.3 Å². The molecule has 3 heterocycles. The monoisotopic (exact) mass is 342 g/mol. The molecule has 0 N–H and O–H groups in total. The molecule has 0 atom stereocenters. The summed E-state index contributed by atoms with van der Waals surface area (Å²) in [6.07, 6.45) is 5.68. The number of hydrogen-bond donors (Lipinski definition) is 0. The van der Waals surface area contributed by atoms with Gasteiger partial charge in [0.25, 0.3) is 0 Å². The van der Waals surface area contributed by atoms with Gasteiger partial charge in [-0.25, -0.2) is 9.50 Å². The molecule has 2 aromatic heterocycles. The smallest absolute Gasteiger partial charge is 0.159 e. The zero-order valence-electron chi connectivity index (χ0n) is 11.5. The summed E-state index contributed by atoms with van der Waals surface area (Å²) in [4.78, 5) is 6.90. The quantitative estimate of drug-likeness (QED) is 0.733. The molecule has 0 spiro atoms. The normalized spacial score (nSPS) is 16.2. The zero-order valence-corrected chi connectivity index (χ0v) is 13.1. The molecule has 1 aliphatic rings. The molecule has 0 radical (unpaired) electrons. The Kier molecular flexibility index (Phi) is 3.24. The molecule has 4 nitrogen and oxygen atoms in total. The highest BCUT2D eigenvalue weighted by Crippen LogP contribution is 2.28. The van der Waals surface area contributed by atoms with Crippen molar-refractivity contribution in [1.82, 2.24) is 19.5 Å². The van der Waals surface area contributed by atoms with Gasteiger partial charge in [-0.3, -0.25) is 4.90 Å². The molecule has 1 aliphatic heterocycles. The van der Waals surface area contributed by atoms with Crippen molar-refractivity contribution in [1.29, 1.82) is 0 Å². The Morgan fingerprint density at radius 1 is 1.14 bits per heavy atom. The second-order valence-corrected chi connectivity index (χ2v) is 6.43. The first kappa shape index (κ1) is 13.0. The van der Waals surface area contributed by atoms with Crippen molar-refractivity contribution in [3.63, 3.8) is 0 Å². The summed E-state index contributed by atoms with van der Waals surface area (Å²) >= 11 is 3.42. The zero-order chi connectivity index (χ0) is 14.2. The van der Waals surface area contributed by atoms with Gasteiger partial charge in [-0.2, -0.15) is 5.10 Å². The van der Waals surface area contributed by atoms with Crippen LogP contribution in [0.5, 0.6) is 0 Å². The van der Waals surface area contributed by atoms with Crippen molar-refractivity contribution in [2.45, 2.75) is 12.5 Å². The van der Waals surface area contributed by atoms with Crippen molar-refractivity contribution in [3.05, 3.63) is 64.5 Å². The molecule has 4 rings (SSSR count). The van der Waals surface area contributed by atoms with Crippen LogP contribution in [0.3, 0.4) is 0 Å². The highest BCUT2D eigenvalue weighted by Gasteiger charge is 2.28. The van der Waals surface area contributed by atoms with E-state index in [2.05, 4.69) is 61.2 Å². The number of benzene rings is 1.